The molecule has 0 spiro atoms. The molecule has 0 aliphatic rings. The number of hydrogen-bond acceptors (Lipinski definition) is 4. The molecule has 0 unspecified atom stereocenters. The standard InChI is InChI=1S/C21H25ClN4O3/c1-26(2)17-9-3-14(4-10-17)13-24-21(29)18(11-12-19(23)27)25-20(28)15-5-7-16(22)8-6-15/h3-10,18H,11-13H2,1-2H3,(H2,23,27)(H,24,29)(H,25,28)/t18-/m0/s1. The second-order valence-corrected chi connectivity index (χ2v) is 7.25. The lowest BCUT2D eigenvalue weighted by molar-refractivity contribution is -0.123. The topological polar surface area (TPSA) is 105 Å². The van der Waals surface area contributed by atoms with Crippen LogP contribution in [0.2, 0.25) is 5.02 Å². The Kier molecular flexibility index (Phi) is 8.03. The summed E-state index contributed by atoms with van der Waals surface area (Å²) in [7, 11) is 3.90. The molecule has 2 aromatic rings. The third kappa shape index (κ3) is 7.12. The van der Waals surface area contributed by atoms with Crippen LogP contribution >= 0.6 is 11.6 Å². The molecule has 0 bridgehead atoms. The summed E-state index contributed by atoms with van der Waals surface area (Å²) >= 11 is 5.83. The molecule has 0 heterocycles. The van der Waals surface area contributed by atoms with Crippen molar-refractivity contribution in [3.63, 3.8) is 0 Å². The highest BCUT2D eigenvalue weighted by Gasteiger charge is 2.22. The molecule has 0 saturated heterocycles. The molecule has 7 nitrogen and oxygen atoms in total. The van der Waals surface area contributed by atoms with Gasteiger partial charge in [0.15, 0.2) is 0 Å². The van der Waals surface area contributed by atoms with Crippen LogP contribution in [0.5, 0.6) is 0 Å². The van der Waals surface area contributed by atoms with Crippen LogP contribution in [0, 0.1) is 0 Å². The molecule has 29 heavy (non-hydrogen) atoms. The molecule has 0 aromatic heterocycles. The highest BCUT2D eigenvalue weighted by molar-refractivity contribution is 6.30. The summed E-state index contributed by atoms with van der Waals surface area (Å²) in [5.41, 5.74) is 7.54. The molecule has 3 amide bonds. The highest BCUT2D eigenvalue weighted by atomic mass is 35.5. The van der Waals surface area contributed by atoms with Gasteiger partial charge in [0.2, 0.25) is 11.8 Å². The van der Waals surface area contributed by atoms with Crippen molar-refractivity contribution in [2.45, 2.75) is 25.4 Å². The Morgan fingerprint density at radius 3 is 2.21 bits per heavy atom. The molecule has 2 rings (SSSR count). The van der Waals surface area contributed by atoms with Crippen LogP contribution in [0.25, 0.3) is 0 Å². The van der Waals surface area contributed by atoms with E-state index in [0.29, 0.717) is 17.1 Å². The molecule has 2 aromatic carbocycles. The fourth-order valence-electron chi connectivity index (χ4n) is 2.62. The SMILES string of the molecule is CN(C)c1ccc(CNC(=O)[C@H](CCC(N)=O)NC(=O)c2ccc(Cl)cc2)cc1. The van der Waals surface area contributed by atoms with Gasteiger partial charge in [0.1, 0.15) is 6.04 Å². The lowest BCUT2D eigenvalue weighted by Crippen LogP contribution is -2.47. The average molecular weight is 417 g/mol. The fraction of sp³-hybridized carbons (Fsp3) is 0.286. The normalized spacial score (nSPS) is 11.4. The second kappa shape index (κ2) is 10.5. The number of anilines is 1. The van der Waals surface area contributed by atoms with E-state index in [-0.39, 0.29) is 18.7 Å². The minimum absolute atomic E-state index is 0.0173. The van der Waals surface area contributed by atoms with Crippen molar-refractivity contribution in [3.05, 3.63) is 64.7 Å². The van der Waals surface area contributed by atoms with Gasteiger partial charge in [-0.05, 0) is 48.4 Å². The second-order valence-electron chi connectivity index (χ2n) is 6.82. The zero-order valence-corrected chi connectivity index (χ0v) is 17.2. The monoisotopic (exact) mass is 416 g/mol. The Hall–Kier alpha value is -3.06. The number of nitrogens with two attached hydrogens (primary N) is 1. The quantitative estimate of drug-likeness (QED) is 0.582. The fourth-order valence-corrected chi connectivity index (χ4v) is 2.75. The molecule has 154 valence electrons. The first-order chi connectivity index (χ1) is 13.8. The number of rotatable bonds is 9. The van der Waals surface area contributed by atoms with E-state index in [9.17, 15) is 14.4 Å². The maximum absolute atomic E-state index is 12.6. The van der Waals surface area contributed by atoms with Crippen LogP contribution in [0.1, 0.15) is 28.8 Å². The largest absolute Gasteiger partial charge is 0.378 e. The minimum atomic E-state index is -0.883. The van der Waals surface area contributed by atoms with E-state index >= 15 is 0 Å². The predicted octanol–water partition coefficient (Wildman–Crippen LogP) is 2.09. The highest BCUT2D eigenvalue weighted by Crippen LogP contribution is 2.13. The Morgan fingerprint density at radius 2 is 1.66 bits per heavy atom. The number of halogens is 1. The molecular formula is C21H25ClN4O3. The lowest BCUT2D eigenvalue weighted by Gasteiger charge is -2.18. The average Bonchev–Trinajstić information content (AvgIpc) is 2.69. The van der Waals surface area contributed by atoms with E-state index in [1.54, 1.807) is 24.3 Å². The Morgan fingerprint density at radius 1 is 1.03 bits per heavy atom. The van der Waals surface area contributed by atoms with Gasteiger partial charge < -0.3 is 21.3 Å². The third-order valence-electron chi connectivity index (χ3n) is 4.33. The molecule has 1 atom stereocenters. The summed E-state index contributed by atoms with van der Waals surface area (Å²) in [6, 6.07) is 13.2. The third-order valence-corrected chi connectivity index (χ3v) is 4.58. The van der Waals surface area contributed by atoms with Crippen molar-refractivity contribution in [2.75, 3.05) is 19.0 Å². The molecule has 0 aliphatic heterocycles. The molecule has 8 heteroatoms. The molecule has 0 fully saturated rings. The van der Waals surface area contributed by atoms with E-state index in [0.717, 1.165) is 11.3 Å². The zero-order chi connectivity index (χ0) is 21.4. The van der Waals surface area contributed by atoms with Crippen molar-refractivity contribution in [1.29, 1.82) is 0 Å². The predicted molar refractivity (Wildman–Crippen MR) is 114 cm³/mol. The molecule has 0 aliphatic carbocycles. The molecule has 0 saturated carbocycles. The van der Waals surface area contributed by atoms with Crippen molar-refractivity contribution in [1.82, 2.24) is 10.6 Å². The van der Waals surface area contributed by atoms with Crippen LogP contribution in [0.3, 0.4) is 0 Å². The minimum Gasteiger partial charge on any atom is -0.378 e. The van der Waals surface area contributed by atoms with Gasteiger partial charge in [-0.2, -0.15) is 0 Å². The first-order valence-electron chi connectivity index (χ1n) is 9.15. The number of hydrogen-bond donors (Lipinski definition) is 3. The first kappa shape index (κ1) is 22.2. The summed E-state index contributed by atoms with van der Waals surface area (Å²) in [5.74, 6) is -1.35. The summed E-state index contributed by atoms with van der Waals surface area (Å²) < 4.78 is 0. The smallest absolute Gasteiger partial charge is 0.251 e. The lowest BCUT2D eigenvalue weighted by atomic mass is 10.1. The van der Waals surface area contributed by atoms with Gasteiger partial charge in [-0.25, -0.2) is 0 Å². The number of nitrogens with zero attached hydrogens (tertiary/aromatic N) is 1. The van der Waals surface area contributed by atoms with Gasteiger partial charge in [-0.15, -0.1) is 0 Å². The van der Waals surface area contributed by atoms with Crippen molar-refractivity contribution < 1.29 is 14.4 Å². The van der Waals surface area contributed by atoms with Crippen molar-refractivity contribution in [3.8, 4) is 0 Å². The maximum atomic E-state index is 12.6. The number of primary amides is 1. The summed E-state index contributed by atoms with van der Waals surface area (Å²) in [4.78, 5) is 38.2. The van der Waals surface area contributed by atoms with E-state index in [2.05, 4.69) is 10.6 Å². The van der Waals surface area contributed by atoms with Gasteiger partial charge in [-0.1, -0.05) is 23.7 Å². The Labute approximate surface area is 175 Å². The van der Waals surface area contributed by atoms with Gasteiger partial charge in [-0.3, -0.25) is 14.4 Å². The van der Waals surface area contributed by atoms with Crippen LogP contribution in [0.4, 0.5) is 5.69 Å². The van der Waals surface area contributed by atoms with Crippen molar-refractivity contribution >= 4 is 35.0 Å². The van der Waals surface area contributed by atoms with Crippen molar-refractivity contribution in [2.24, 2.45) is 5.73 Å². The number of nitrogens with one attached hydrogen (secondary N) is 2. The van der Waals surface area contributed by atoms with E-state index in [1.165, 1.54) is 0 Å². The molecule has 4 N–H and O–H groups in total. The van der Waals surface area contributed by atoms with Crippen LogP contribution in [0.15, 0.2) is 48.5 Å². The van der Waals surface area contributed by atoms with Gasteiger partial charge in [0, 0.05) is 43.3 Å². The number of carbonyl (C=O) groups is 3. The summed E-state index contributed by atoms with van der Waals surface area (Å²) in [5, 5.41) is 5.96. The summed E-state index contributed by atoms with van der Waals surface area (Å²) in [6.45, 7) is 0.302. The van der Waals surface area contributed by atoms with E-state index in [4.69, 9.17) is 17.3 Å². The molecule has 0 radical (unpaired) electrons. The summed E-state index contributed by atoms with van der Waals surface area (Å²) in [6.07, 6.45) is 0.0938. The maximum Gasteiger partial charge on any atom is 0.251 e. The van der Waals surface area contributed by atoms with E-state index in [1.807, 2.05) is 43.3 Å². The van der Waals surface area contributed by atoms with E-state index < -0.39 is 17.9 Å². The number of carbonyl (C=O) groups excluding carboxylic acids is 3. The Bertz CT molecular complexity index is 851. The number of benzene rings is 2. The Balaban J connectivity index is 2.01. The van der Waals surface area contributed by atoms with Gasteiger partial charge in [0.05, 0.1) is 0 Å². The molecular weight excluding hydrogens is 392 g/mol. The van der Waals surface area contributed by atoms with Crippen LogP contribution in [-0.2, 0) is 16.1 Å². The zero-order valence-electron chi connectivity index (χ0n) is 16.4. The van der Waals surface area contributed by atoms with Gasteiger partial charge >= 0.3 is 0 Å². The van der Waals surface area contributed by atoms with Crippen LogP contribution < -0.4 is 21.3 Å². The van der Waals surface area contributed by atoms with Gasteiger partial charge in [0.25, 0.3) is 5.91 Å². The first-order valence-corrected chi connectivity index (χ1v) is 9.53. The van der Waals surface area contributed by atoms with Crippen LogP contribution in [-0.4, -0.2) is 37.9 Å². The number of amides is 3.